The number of aromatic nitrogens is 2. The van der Waals surface area contributed by atoms with Gasteiger partial charge < -0.3 is 19.9 Å². The number of rotatable bonds is 7. The van der Waals surface area contributed by atoms with Crippen molar-refractivity contribution in [1.82, 2.24) is 20.2 Å². The lowest BCUT2D eigenvalue weighted by molar-refractivity contribution is 0.0205. The molecule has 0 saturated heterocycles. The molecule has 0 saturated carbocycles. The summed E-state index contributed by atoms with van der Waals surface area (Å²) < 4.78 is 7.73. The first-order chi connectivity index (χ1) is 12.4. The lowest BCUT2D eigenvalue weighted by Crippen LogP contribution is -2.45. The van der Waals surface area contributed by atoms with Gasteiger partial charge in [-0.05, 0) is 11.0 Å². The van der Waals surface area contributed by atoms with E-state index in [0.29, 0.717) is 13.1 Å². The van der Waals surface area contributed by atoms with Crippen LogP contribution in [0.1, 0.15) is 32.2 Å². The molecule has 1 unspecified atom stereocenters. The molecule has 0 amide bonds. The normalized spacial score (nSPS) is 13.0. The van der Waals surface area contributed by atoms with Crippen molar-refractivity contribution in [3.8, 4) is 0 Å². The summed E-state index contributed by atoms with van der Waals surface area (Å²) in [6.07, 6.45) is 3.93. The van der Waals surface area contributed by atoms with Crippen LogP contribution < -0.4 is 10.6 Å². The smallest absolute Gasteiger partial charge is 0.191 e. The minimum Gasteiger partial charge on any atom is -0.379 e. The van der Waals surface area contributed by atoms with E-state index < -0.39 is 0 Å². The third kappa shape index (κ3) is 7.50. The zero-order chi connectivity index (χ0) is 19.0. The van der Waals surface area contributed by atoms with Gasteiger partial charge in [0.25, 0.3) is 0 Å². The number of aliphatic imine (C=N–C) groups is 1. The molecule has 1 heterocycles. The first-order valence-electron chi connectivity index (χ1n) is 8.95. The van der Waals surface area contributed by atoms with E-state index in [1.807, 2.05) is 18.5 Å². The Kier molecular flexibility index (Phi) is 9.79. The Morgan fingerprint density at radius 3 is 2.52 bits per heavy atom. The van der Waals surface area contributed by atoms with Crippen LogP contribution in [0.4, 0.5) is 0 Å². The highest BCUT2D eigenvalue weighted by atomic mass is 127. The van der Waals surface area contributed by atoms with Crippen LogP contribution in [0.15, 0.2) is 47.7 Å². The number of benzene rings is 1. The van der Waals surface area contributed by atoms with Crippen LogP contribution in [0.2, 0.25) is 0 Å². The summed E-state index contributed by atoms with van der Waals surface area (Å²) in [5.74, 6) is 1.71. The minimum absolute atomic E-state index is 0. The second-order valence-electron chi connectivity index (χ2n) is 7.35. The van der Waals surface area contributed by atoms with Crippen molar-refractivity contribution < 1.29 is 4.74 Å². The quantitative estimate of drug-likeness (QED) is 0.359. The van der Waals surface area contributed by atoms with Crippen molar-refractivity contribution in [2.24, 2.45) is 10.4 Å². The molecular weight excluding hydrogens is 453 g/mol. The molecule has 0 spiro atoms. The van der Waals surface area contributed by atoms with Crippen molar-refractivity contribution in [3.63, 3.8) is 0 Å². The number of nitrogens with zero attached hydrogens (tertiary/aromatic N) is 3. The predicted molar refractivity (Wildman–Crippen MR) is 122 cm³/mol. The van der Waals surface area contributed by atoms with E-state index in [-0.39, 0.29) is 35.5 Å². The topological polar surface area (TPSA) is 63.5 Å². The van der Waals surface area contributed by atoms with Gasteiger partial charge in [0.1, 0.15) is 5.82 Å². The molecule has 0 aliphatic rings. The van der Waals surface area contributed by atoms with E-state index in [1.54, 1.807) is 14.2 Å². The fourth-order valence-electron chi connectivity index (χ4n) is 2.75. The molecule has 0 aliphatic carbocycles. The fraction of sp³-hybridized carbons (Fsp3) is 0.500. The number of imidazole rings is 1. The Labute approximate surface area is 179 Å². The third-order valence-corrected chi connectivity index (χ3v) is 4.34. The highest BCUT2D eigenvalue weighted by molar-refractivity contribution is 14.0. The molecule has 2 rings (SSSR count). The van der Waals surface area contributed by atoms with Crippen LogP contribution in [-0.2, 0) is 17.8 Å². The number of ether oxygens (including phenoxy) is 1. The predicted octanol–water partition coefficient (Wildman–Crippen LogP) is 3.28. The van der Waals surface area contributed by atoms with Crippen LogP contribution in [0.25, 0.3) is 0 Å². The molecule has 1 aromatic heterocycles. The number of nitrogens with one attached hydrogen (secondary N) is 2. The molecule has 150 valence electrons. The second kappa shape index (κ2) is 11.3. The number of hydrogen-bond donors (Lipinski definition) is 2. The molecule has 27 heavy (non-hydrogen) atoms. The van der Waals surface area contributed by atoms with Gasteiger partial charge in [0.2, 0.25) is 0 Å². The number of methoxy groups -OCH3 is 1. The monoisotopic (exact) mass is 485 g/mol. The Balaban J connectivity index is 0.00000364. The second-order valence-corrected chi connectivity index (χ2v) is 7.35. The highest BCUT2D eigenvalue weighted by Gasteiger charge is 2.24. The van der Waals surface area contributed by atoms with Gasteiger partial charge in [-0.15, -0.1) is 24.0 Å². The van der Waals surface area contributed by atoms with Crippen molar-refractivity contribution in [2.75, 3.05) is 20.7 Å². The van der Waals surface area contributed by atoms with Crippen molar-refractivity contribution in [2.45, 2.75) is 40.0 Å². The number of guanidine groups is 1. The maximum absolute atomic E-state index is 5.58. The summed E-state index contributed by atoms with van der Waals surface area (Å²) >= 11 is 0. The Hall–Kier alpha value is -1.61. The molecule has 0 fully saturated rings. The van der Waals surface area contributed by atoms with Gasteiger partial charge in [0.05, 0.1) is 12.6 Å². The average Bonchev–Trinajstić information content (AvgIpc) is 3.05. The van der Waals surface area contributed by atoms with E-state index in [2.05, 4.69) is 70.2 Å². The first-order valence-corrected chi connectivity index (χ1v) is 8.95. The van der Waals surface area contributed by atoms with Crippen LogP contribution in [0, 0.1) is 5.41 Å². The molecule has 0 radical (unpaired) electrons. The number of halogens is 1. The SMILES string of the molecule is CN=C(NCc1nccn1Cc1ccccc1)NCC(OC)C(C)(C)C.I. The zero-order valence-corrected chi connectivity index (χ0v) is 19.2. The molecule has 0 aliphatic heterocycles. The van der Waals surface area contributed by atoms with Crippen LogP contribution >= 0.6 is 24.0 Å². The van der Waals surface area contributed by atoms with Gasteiger partial charge >= 0.3 is 0 Å². The van der Waals surface area contributed by atoms with Gasteiger partial charge in [-0.2, -0.15) is 0 Å². The molecule has 1 atom stereocenters. The van der Waals surface area contributed by atoms with E-state index in [4.69, 9.17) is 4.74 Å². The molecule has 7 heteroatoms. The Bertz CT molecular complexity index is 694. The van der Waals surface area contributed by atoms with E-state index in [0.717, 1.165) is 18.3 Å². The number of hydrogen-bond acceptors (Lipinski definition) is 3. The van der Waals surface area contributed by atoms with E-state index >= 15 is 0 Å². The summed E-state index contributed by atoms with van der Waals surface area (Å²) in [4.78, 5) is 8.75. The standard InChI is InChI=1S/C20H31N5O.HI/c1-20(2,3)17(26-5)13-23-19(21-4)24-14-18-22-11-12-25(18)15-16-9-7-6-8-10-16;/h6-12,17H,13-15H2,1-5H3,(H2,21,23,24);1H. The fourth-order valence-corrected chi connectivity index (χ4v) is 2.75. The summed E-state index contributed by atoms with van der Waals surface area (Å²) in [6.45, 7) is 8.60. The highest BCUT2D eigenvalue weighted by Crippen LogP contribution is 2.20. The summed E-state index contributed by atoms with van der Waals surface area (Å²) in [7, 11) is 3.51. The first kappa shape index (κ1) is 23.4. The molecule has 0 bridgehead atoms. The van der Waals surface area contributed by atoms with Crippen molar-refractivity contribution >= 4 is 29.9 Å². The van der Waals surface area contributed by atoms with Gasteiger partial charge in [0.15, 0.2) is 5.96 Å². The molecule has 1 aromatic carbocycles. The van der Waals surface area contributed by atoms with Gasteiger partial charge in [-0.1, -0.05) is 51.1 Å². The zero-order valence-electron chi connectivity index (χ0n) is 16.9. The average molecular weight is 485 g/mol. The maximum atomic E-state index is 5.58. The van der Waals surface area contributed by atoms with Gasteiger partial charge in [0, 0.05) is 39.6 Å². The lowest BCUT2D eigenvalue weighted by atomic mass is 9.89. The molecular formula is C20H32IN5O. The maximum Gasteiger partial charge on any atom is 0.191 e. The van der Waals surface area contributed by atoms with Crippen LogP contribution in [0.5, 0.6) is 0 Å². The third-order valence-electron chi connectivity index (χ3n) is 4.34. The summed E-state index contributed by atoms with van der Waals surface area (Å²) in [5.41, 5.74) is 1.31. The van der Waals surface area contributed by atoms with Crippen LogP contribution in [-0.4, -0.2) is 42.3 Å². The van der Waals surface area contributed by atoms with Crippen LogP contribution in [0.3, 0.4) is 0 Å². The van der Waals surface area contributed by atoms with Gasteiger partial charge in [-0.25, -0.2) is 4.98 Å². The van der Waals surface area contributed by atoms with Gasteiger partial charge in [-0.3, -0.25) is 4.99 Å². The molecule has 2 aromatic rings. The van der Waals surface area contributed by atoms with Crippen molar-refractivity contribution in [3.05, 3.63) is 54.1 Å². The Morgan fingerprint density at radius 2 is 1.93 bits per heavy atom. The Morgan fingerprint density at radius 1 is 1.22 bits per heavy atom. The molecule has 6 nitrogen and oxygen atoms in total. The minimum atomic E-state index is 0. The molecule has 2 N–H and O–H groups in total. The van der Waals surface area contributed by atoms with E-state index in [9.17, 15) is 0 Å². The summed E-state index contributed by atoms with van der Waals surface area (Å²) in [5, 5.41) is 6.66. The van der Waals surface area contributed by atoms with E-state index in [1.165, 1.54) is 5.56 Å². The largest absolute Gasteiger partial charge is 0.379 e. The summed E-state index contributed by atoms with van der Waals surface area (Å²) in [6, 6.07) is 10.4. The lowest BCUT2D eigenvalue weighted by Gasteiger charge is -2.30. The van der Waals surface area contributed by atoms with Crippen molar-refractivity contribution in [1.29, 1.82) is 0 Å².